The highest BCUT2D eigenvalue weighted by molar-refractivity contribution is 6.35. The Morgan fingerprint density at radius 1 is 0.914 bits per heavy atom. The molecule has 1 fully saturated rings. The summed E-state index contributed by atoms with van der Waals surface area (Å²) in [7, 11) is 0. The fraction of sp³-hybridized carbons (Fsp3) is 0.185. The maximum atomic E-state index is 14.1. The zero-order chi connectivity index (χ0) is 24.4. The second kappa shape index (κ2) is 10.2. The molecule has 1 unspecified atom stereocenters. The van der Waals surface area contributed by atoms with Gasteiger partial charge in [-0.2, -0.15) is 0 Å². The molecule has 5 nitrogen and oxygen atoms in total. The first kappa shape index (κ1) is 23.5. The Morgan fingerprint density at radius 2 is 1.63 bits per heavy atom. The zero-order valence-corrected chi connectivity index (χ0v) is 20.2. The van der Waals surface area contributed by atoms with Crippen molar-refractivity contribution in [1.82, 2.24) is 15.0 Å². The van der Waals surface area contributed by atoms with Gasteiger partial charge in [0.15, 0.2) is 0 Å². The third-order valence-corrected chi connectivity index (χ3v) is 6.77. The highest BCUT2D eigenvalue weighted by atomic mass is 35.5. The predicted molar refractivity (Wildman–Crippen MR) is 134 cm³/mol. The number of rotatable bonds is 5. The summed E-state index contributed by atoms with van der Waals surface area (Å²) in [5.41, 5.74) is 2.67. The molecule has 0 aliphatic carbocycles. The summed E-state index contributed by atoms with van der Waals surface area (Å²) in [6.45, 7) is 2.28. The first-order valence-electron chi connectivity index (χ1n) is 11.3. The fourth-order valence-corrected chi connectivity index (χ4v) is 4.97. The lowest BCUT2D eigenvalue weighted by atomic mass is 9.96. The van der Waals surface area contributed by atoms with E-state index in [0.29, 0.717) is 47.5 Å². The molecule has 1 aliphatic rings. The van der Waals surface area contributed by atoms with Crippen molar-refractivity contribution in [2.75, 3.05) is 26.2 Å². The lowest BCUT2D eigenvalue weighted by Gasteiger charge is -2.39. The molecule has 0 spiro atoms. The maximum absolute atomic E-state index is 14.1. The van der Waals surface area contributed by atoms with Crippen molar-refractivity contribution in [1.29, 1.82) is 0 Å². The van der Waals surface area contributed by atoms with E-state index in [1.807, 2.05) is 30.3 Å². The van der Waals surface area contributed by atoms with Crippen LogP contribution < -0.4 is 0 Å². The summed E-state index contributed by atoms with van der Waals surface area (Å²) < 4.78 is 19.4. The van der Waals surface area contributed by atoms with E-state index in [1.54, 1.807) is 29.2 Å². The van der Waals surface area contributed by atoms with Crippen LogP contribution in [0.15, 0.2) is 83.4 Å². The maximum Gasteiger partial charge on any atom is 0.292 e. The van der Waals surface area contributed by atoms with E-state index in [2.05, 4.69) is 22.2 Å². The van der Waals surface area contributed by atoms with Crippen molar-refractivity contribution >= 4 is 29.1 Å². The molecule has 2 heterocycles. The molecule has 1 aliphatic heterocycles. The first-order chi connectivity index (χ1) is 17.0. The Hall–Kier alpha value is -3.19. The Labute approximate surface area is 212 Å². The Bertz CT molecular complexity index is 1340. The molecule has 0 bridgehead atoms. The fourth-order valence-electron chi connectivity index (χ4n) is 4.46. The number of nitrogens with zero attached hydrogens (tertiary/aromatic N) is 3. The summed E-state index contributed by atoms with van der Waals surface area (Å²) in [5, 5.41) is 5.09. The van der Waals surface area contributed by atoms with Gasteiger partial charge in [-0.1, -0.05) is 76.9 Å². The highest BCUT2D eigenvalue weighted by Crippen LogP contribution is 2.35. The molecule has 1 atom stereocenters. The van der Waals surface area contributed by atoms with Gasteiger partial charge in [0.25, 0.3) is 5.91 Å². The standard InChI is InChI=1S/C27H22Cl2FN3O2/c28-19-10-11-20(22(29)16-19)26(18-6-2-1-3-7-18)32-12-14-33(15-13-32)27(34)25-17-24(31-35-25)21-8-4-5-9-23(21)30/h1-11,16-17,26H,12-15H2. The van der Waals surface area contributed by atoms with Crippen molar-refractivity contribution < 1.29 is 13.7 Å². The van der Waals surface area contributed by atoms with Crippen molar-refractivity contribution in [3.8, 4) is 11.3 Å². The lowest BCUT2D eigenvalue weighted by molar-refractivity contribution is 0.0559. The van der Waals surface area contributed by atoms with Gasteiger partial charge in [0.1, 0.15) is 11.5 Å². The van der Waals surface area contributed by atoms with E-state index in [4.69, 9.17) is 27.7 Å². The van der Waals surface area contributed by atoms with E-state index >= 15 is 0 Å². The van der Waals surface area contributed by atoms with E-state index in [1.165, 1.54) is 12.1 Å². The van der Waals surface area contributed by atoms with Gasteiger partial charge in [-0.15, -0.1) is 0 Å². The van der Waals surface area contributed by atoms with E-state index in [-0.39, 0.29) is 17.7 Å². The van der Waals surface area contributed by atoms with Gasteiger partial charge < -0.3 is 9.42 Å². The third-order valence-electron chi connectivity index (χ3n) is 6.21. The minimum Gasteiger partial charge on any atom is -0.350 e. The molecule has 4 aromatic rings. The third kappa shape index (κ3) is 4.96. The molecule has 8 heteroatoms. The predicted octanol–water partition coefficient (Wildman–Crippen LogP) is 6.33. The molecule has 1 saturated heterocycles. The van der Waals surface area contributed by atoms with Crippen LogP contribution in [0.3, 0.4) is 0 Å². The number of hydrogen-bond acceptors (Lipinski definition) is 4. The largest absolute Gasteiger partial charge is 0.350 e. The molecule has 1 aromatic heterocycles. The minimum atomic E-state index is -0.416. The van der Waals surface area contributed by atoms with Gasteiger partial charge in [0.05, 0.1) is 6.04 Å². The van der Waals surface area contributed by atoms with E-state index < -0.39 is 5.82 Å². The molecule has 0 radical (unpaired) electrons. The second-order valence-electron chi connectivity index (χ2n) is 8.36. The minimum absolute atomic E-state index is 0.0730. The van der Waals surface area contributed by atoms with Crippen LogP contribution >= 0.6 is 23.2 Å². The van der Waals surface area contributed by atoms with Crippen LogP contribution in [0.2, 0.25) is 10.0 Å². The van der Waals surface area contributed by atoms with Crippen LogP contribution in [0, 0.1) is 5.82 Å². The van der Waals surface area contributed by atoms with E-state index in [0.717, 1.165) is 11.1 Å². The van der Waals surface area contributed by atoms with Crippen molar-refractivity contribution in [2.45, 2.75) is 6.04 Å². The Kier molecular flexibility index (Phi) is 6.86. The summed E-state index contributed by atoms with van der Waals surface area (Å²) in [4.78, 5) is 17.1. The number of carbonyl (C=O) groups excluding carboxylic acids is 1. The average Bonchev–Trinajstić information content (AvgIpc) is 3.36. The Balaban J connectivity index is 1.33. The Morgan fingerprint density at radius 3 is 2.34 bits per heavy atom. The molecule has 3 aromatic carbocycles. The van der Waals surface area contributed by atoms with E-state index in [9.17, 15) is 9.18 Å². The SMILES string of the molecule is O=C(c1cc(-c2ccccc2F)no1)N1CCN(C(c2ccccc2)c2ccc(Cl)cc2Cl)CC1. The topological polar surface area (TPSA) is 49.6 Å². The number of amides is 1. The molecule has 178 valence electrons. The summed E-state index contributed by atoms with van der Waals surface area (Å²) in [6, 6.07) is 23.4. The van der Waals surface area contributed by atoms with Gasteiger partial charge in [-0.25, -0.2) is 4.39 Å². The molecule has 35 heavy (non-hydrogen) atoms. The number of halogens is 3. The normalized spacial score (nSPS) is 15.2. The van der Waals surface area contributed by atoms with Gasteiger partial charge in [-0.3, -0.25) is 9.69 Å². The van der Waals surface area contributed by atoms with Crippen molar-refractivity contribution in [2.24, 2.45) is 0 Å². The number of piperazine rings is 1. The molecule has 5 rings (SSSR count). The molecular weight excluding hydrogens is 488 g/mol. The van der Waals surface area contributed by atoms with Gasteiger partial charge in [-0.05, 0) is 35.4 Å². The van der Waals surface area contributed by atoms with Crippen LogP contribution in [0.25, 0.3) is 11.3 Å². The summed E-state index contributed by atoms with van der Waals surface area (Å²) >= 11 is 12.7. The molecule has 1 amide bonds. The molecular formula is C27H22Cl2FN3O2. The quantitative estimate of drug-likeness (QED) is 0.315. The van der Waals surface area contributed by atoms with Gasteiger partial charge in [0.2, 0.25) is 5.76 Å². The average molecular weight is 510 g/mol. The number of aromatic nitrogens is 1. The highest BCUT2D eigenvalue weighted by Gasteiger charge is 2.31. The number of carbonyl (C=O) groups is 1. The van der Waals surface area contributed by atoms with Crippen LogP contribution in [-0.4, -0.2) is 47.0 Å². The van der Waals surface area contributed by atoms with Gasteiger partial charge in [0, 0.05) is 47.9 Å². The summed E-state index contributed by atoms with van der Waals surface area (Å²) in [5.74, 6) is -0.584. The molecule has 0 saturated carbocycles. The number of hydrogen-bond donors (Lipinski definition) is 0. The van der Waals surface area contributed by atoms with Crippen LogP contribution in [0.5, 0.6) is 0 Å². The second-order valence-corrected chi connectivity index (χ2v) is 9.21. The number of benzene rings is 3. The van der Waals surface area contributed by atoms with Crippen molar-refractivity contribution in [3.63, 3.8) is 0 Å². The zero-order valence-electron chi connectivity index (χ0n) is 18.7. The summed E-state index contributed by atoms with van der Waals surface area (Å²) in [6.07, 6.45) is 0. The van der Waals surface area contributed by atoms with Crippen LogP contribution in [-0.2, 0) is 0 Å². The first-order valence-corrected chi connectivity index (χ1v) is 12.0. The lowest BCUT2D eigenvalue weighted by Crippen LogP contribution is -2.49. The van der Waals surface area contributed by atoms with Crippen LogP contribution in [0.4, 0.5) is 4.39 Å². The monoisotopic (exact) mass is 509 g/mol. The smallest absolute Gasteiger partial charge is 0.292 e. The van der Waals surface area contributed by atoms with Gasteiger partial charge >= 0.3 is 0 Å². The molecule has 0 N–H and O–H groups in total. The van der Waals surface area contributed by atoms with Crippen molar-refractivity contribution in [3.05, 3.63) is 112 Å². The van der Waals surface area contributed by atoms with Crippen LogP contribution in [0.1, 0.15) is 27.7 Å².